The van der Waals surface area contributed by atoms with E-state index in [2.05, 4.69) is 0 Å². The second-order valence-corrected chi connectivity index (χ2v) is 5.49. The van der Waals surface area contributed by atoms with Crippen molar-refractivity contribution >= 4 is 15.8 Å². The molecule has 0 aliphatic rings. The first-order valence-corrected chi connectivity index (χ1v) is 6.92. The molecule has 0 spiro atoms. The molecule has 0 aromatic heterocycles. The van der Waals surface area contributed by atoms with Crippen molar-refractivity contribution in [1.82, 2.24) is 0 Å². The fraction of sp³-hybridized carbons (Fsp3) is 0.0769. The van der Waals surface area contributed by atoms with Crippen LogP contribution in [0.25, 0.3) is 0 Å². The van der Waals surface area contributed by atoms with Crippen LogP contribution in [0.2, 0.25) is 0 Å². The van der Waals surface area contributed by atoms with E-state index >= 15 is 0 Å². The molecule has 0 fully saturated rings. The summed E-state index contributed by atoms with van der Waals surface area (Å²) in [6, 6.07) is 11.0. The van der Waals surface area contributed by atoms with E-state index in [9.17, 15) is 13.0 Å². The summed E-state index contributed by atoms with van der Waals surface area (Å²) in [5.41, 5.74) is 6.83. The fourth-order valence-corrected chi connectivity index (χ4v) is 2.26. The third kappa shape index (κ3) is 3.24. The Morgan fingerprint density at radius 2 is 1.74 bits per heavy atom. The molecule has 0 saturated carbocycles. The molecule has 2 aromatic carbocycles. The molecule has 0 radical (unpaired) electrons. The highest BCUT2D eigenvalue weighted by molar-refractivity contribution is 7.86. The quantitative estimate of drug-likeness (QED) is 0.666. The first-order valence-electron chi connectivity index (χ1n) is 5.48. The lowest BCUT2D eigenvalue weighted by Crippen LogP contribution is -2.01. The molecule has 100 valence electrons. The molecule has 0 unspecified atom stereocenters. The number of rotatable bonds is 3. The first-order chi connectivity index (χ1) is 8.86. The number of nitrogen functional groups attached to an aromatic ring is 1. The molecule has 0 atom stereocenters. The van der Waals surface area contributed by atoms with Crippen LogP contribution in [-0.4, -0.2) is 13.0 Å². The molecule has 3 N–H and O–H groups in total. The average Bonchev–Trinajstić information content (AvgIpc) is 2.33. The molecule has 2 rings (SSSR count). The summed E-state index contributed by atoms with van der Waals surface area (Å²) < 4.78 is 37.3. The largest absolute Gasteiger partial charge is 0.456 e. The van der Waals surface area contributed by atoms with Crippen LogP contribution in [0.15, 0.2) is 47.4 Å². The lowest BCUT2D eigenvalue weighted by Gasteiger charge is -2.10. The van der Waals surface area contributed by atoms with E-state index in [1.807, 2.05) is 0 Å². The topological polar surface area (TPSA) is 89.6 Å². The molecule has 19 heavy (non-hydrogen) atoms. The number of hydrogen-bond donors (Lipinski definition) is 2. The van der Waals surface area contributed by atoms with E-state index in [0.717, 1.165) is 0 Å². The van der Waals surface area contributed by atoms with Crippen molar-refractivity contribution in [3.8, 4) is 11.5 Å². The highest BCUT2D eigenvalue weighted by Gasteiger charge is 2.17. The Labute approximate surface area is 111 Å². The number of anilines is 1. The molecule has 0 saturated heterocycles. The van der Waals surface area contributed by atoms with Crippen LogP contribution in [0.1, 0.15) is 5.56 Å². The van der Waals surface area contributed by atoms with Gasteiger partial charge in [-0.15, -0.1) is 0 Å². The van der Waals surface area contributed by atoms with Gasteiger partial charge in [0, 0.05) is 5.69 Å². The van der Waals surface area contributed by atoms with Crippen LogP contribution in [0.5, 0.6) is 11.5 Å². The maximum atomic E-state index is 11.3. The van der Waals surface area contributed by atoms with Gasteiger partial charge in [-0.1, -0.05) is 6.07 Å². The SMILES string of the molecule is Cc1ccc(Oc2ccc(N)cc2)c(S(=O)(=O)O)c1. The lowest BCUT2D eigenvalue weighted by atomic mass is 10.2. The molecule has 6 heteroatoms. The molecular formula is C13H13NO4S. The lowest BCUT2D eigenvalue weighted by molar-refractivity contribution is 0.450. The van der Waals surface area contributed by atoms with E-state index in [1.54, 1.807) is 37.3 Å². The predicted molar refractivity (Wildman–Crippen MR) is 71.9 cm³/mol. The van der Waals surface area contributed by atoms with Gasteiger partial charge in [-0.05, 0) is 48.9 Å². The summed E-state index contributed by atoms with van der Waals surface area (Å²) in [6.07, 6.45) is 0. The summed E-state index contributed by atoms with van der Waals surface area (Å²) >= 11 is 0. The van der Waals surface area contributed by atoms with Gasteiger partial charge in [0.2, 0.25) is 0 Å². The highest BCUT2D eigenvalue weighted by atomic mass is 32.2. The average molecular weight is 279 g/mol. The molecule has 5 nitrogen and oxygen atoms in total. The first kappa shape index (κ1) is 13.4. The molecule has 0 heterocycles. The van der Waals surface area contributed by atoms with Gasteiger partial charge < -0.3 is 10.5 Å². The Bertz CT molecular complexity index is 693. The van der Waals surface area contributed by atoms with Gasteiger partial charge in [0.25, 0.3) is 10.1 Å². The number of nitrogens with two attached hydrogens (primary N) is 1. The van der Waals surface area contributed by atoms with Gasteiger partial charge in [0.05, 0.1) is 0 Å². The Hall–Kier alpha value is -2.05. The van der Waals surface area contributed by atoms with E-state index < -0.39 is 10.1 Å². The van der Waals surface area contributed by atoms with Gasteiger partial charge in [-0.25, -0.2) is 0 Å². The molecule has 0 bridgehead atoms. The van der Waals surface area contributed by atoms with Gasteiger partial charge >= 0.3 is 0 Å². The van der Waals surface area contributed by atoms with Crippen LogP contribution in [0.4, 0.5) is 5.69 Å². The van der Waals surface area contributed by atoms with Crippen LogP contribution < -0.4 is 10.5 Å². The zero-order chi connectivity index (χ0) is 14.0. The van der Waals surface area contributed by atoms with Crippen molar-refractivity contribution in [2.24, 2.45) is 0 Å². The van der Waals surface area contributed by atoms with Crippen molar-refractivity contribution < 1.29 is 17.7 Å². The Morgan fingerprint density at radius 3 is 2.32 bits per heavy atom. The standard InChI is InChI=1S/C13H13NO4S/c1-9-2-7-12(13(8-9)19(15,16)17)18-11-5-3-10(14)4-6-11/h2-8H,14H2,1H3,(H,15,16,17). The van der Waals surface area contributed by atoms with E-state index in [4.69, 9.17) is 10.5 Å². The molecule has 0 amide bonds. The van der Waals surface area contributed by atoms with Crippen LogP contribution in [0, 0.1) is 6.92 Å². The van der Waals surface area contributed by atoms with Crippen molar-refractivity contribution in [1.29, 1.82) is 0 Å². The van der Waals surface area contributed by atoms with Gasteiger partial charge in [0.15, 0.2) is 0 Å². The van der Waals surface area contributed by atoms with Crippen molar-refractivity contribution in [2.45, 2.75) is 11.8 Å². The van der Waals surface area contributed by atoms with Crippen LogP contribution in [-0.2, 0) is 10.1 Å². The molecule has 0 aliphatic heterocycles. The second kappa shape index (κ2) is 4.91. The van der Waals surface area contributed by atoms with Crippen LogP contribution >= 0.6 is 0 Å². The Balaban J connectivity index is 2.43. The monoisotopic (exact) mass is 279 g/mol. The van der Waals surface area contributed by atoms with Crippen molar-refractivity contribution in [2.75, 3.05) is 5.73 Å². The predicted octanol–water partition coefficient (Wildman–Crippen LogP) is 2.62. The van der Waals surface area contributed by atoms with Crippen molar-refractivity contribution in [3.63, 3.8) is 0 Å². The van der Waals surface area contributed by atoms with Gasteiger partial charge in [-0.3, -0.25) is 4.55 Å². The Kier molecular flexibility index (Phi) is 3.46. The molecular weight excluding hydrogens is 266 g/mol. The summed E-state index contributed by atoms with van der Waals surface area (Å²) in [7, 11) is -4.33. The van der Waals surface area contributed by atoms with Gasteiger partial charge in [-0.2, -0.15) is 8.42 Å². The summed E-state index contributed by atoms with van der Waals surface area (Å²) in [4.78, 5) is -0.260. The summed E-state index contributed by atoms with van der Waals surface area (Å²) in [6.45, 7) is 1.72. The summed E-state index contributed by atoms with van der Waals surface area (Å²) in [5, 5.41) is 0. The van der Waals surface area contributed by atoms with E-state index in [1.165, 1.54) is 12.1 Å². The number of hydrogen-bond acceptors (Lipinski definition) is 4. The smallest absolute Gasteiger partial charge is 0.298 e. The number of ether oxygens (including phenoxy) is 1. The number of aryl methyl sites for hydroxylation is 1. The van der Waals surface area contributed by atoms with E-state index in [0.29, 0.717) is 17.0 Å². The maximum absolute atomic E-state index is 11.3. The Morgan fingerprint density at radius 1 is 1.11 bits per heavy atom. The normalized spacial score (nSPS) is 11.3. The highest BCUT2D eigenvalue weighted by Crippen LogP contribution is 2.29. The fourth-order valence-electron chi connectivity index (χ4n) is 1.56. The third-order valence-electron chi connectivity index (χ3n) is 2.49. The van der Waals surface area contributed by atoms with Crippen molar-refractivity contribution in [3.05, 3.63) is 48.0 Å². The van der Waals surface area contributed by atoms with Gasteiger partial charge in [0.1, 0.15) is 16.4 Å². The molecule has 2 aromatic rings. The minimum atomic E-state index is -4.33. The zero-order valence-electron chi connectivity index (χ0n) is 10.2. The van der Waals surface area contributed by atoms with E-state index in [-0.39, 0.29) is 10.6 Å². The summed E-state index contributed by atoms with van der Waals surface area (Å²) in [5.74, 6) is 0.501. The molecule has 0 aliphatic carbocycles. The van der Waals surface area contributed by atoms with Crippen LogP contribution in [0.3, 0.4) is 0 Å². The third-order valence-corrected chi connectivity index (χ3v) is 3.36. The second-order valence-electron chi connectivity index (χ2n) is 4.10. The zero-order valence-corrected chi connectivity index (χ0v) is 11.0. The minimum Gasteiger partial charge on any atom is -0.456 e. The minimum absolute atomic E-state index is 0.0675. The number of benzene rings is 2. The maximum Gasteiger partial charge on any atom is 0.298 e.